The largest absolute Gasteiger partial charge is 0.484 e. The molecule has 2 N–H and O–H groups in total. The number of rotatable bonds is 3. The average molecular weight is 408 g/mol. The third kappa shape index (κ3) is 4.16. The lowest BCUT2D eigenvalue weighted by Gasteiger charge is -2.19. The van der Waals surface area contributed by atoms with Gasteiger partial charge in [0.15, 0.2) is 0 Å². The van der Waals surface area contributed by atoms with Crippen molar-refractivity contribution in [3.05, 3.63) is 49.6 Å². The lowest BCUT2D eigenvalue weighted by atomic mass is 10.1. The van der Waals surface area contributed by atoms with Gasteiger partial charge in [-0.15, -0.1) is 23.7 Å². The summed E-state index contributed by atoms with van der Waals surface area (Å²) in [4.78, 5) is 14.7. The first-order valence-electron chi connectivity index (χ1n) is 7.16. The zero-order valence-electron chi connectivity index (χ0n) is 12.9. The fourth-order valence-electron chi connectivity index (χ4n) is 2.65. The Labute approximate surface area is 160 Å². The molecule has 0 spiro atoms. The first-order valence-corrected chi connectivity index (χ1v) is 8.74. The number of primary amides is 1. The normalized spacial score (nSPS) is 17.5. The van der Waals surface area contributed by atoms with Gasteiger partial charge in [0.25, 0.3) is 0 Å². The molecule has 24 heavy (non-hydrogen) atoms. The van der Waals surface area contributed by atoms with Crippen LogP contribution in [0.1, 0.15) is 33.3 Å². The fraction of sp³-hybridized carbons (Fsp3) is 0.312. The van der Waals surface area contributed by atoms with Gasteiger partial charge in [0.2, 0.25) is 5.91 Å². The first-order chi connectivity index (χ1) is 10.9. The van der Waals surface area contributed by atoms with Crippen molar-refractivity contribution in [3.63, 3.8) is 0 Å². The summed E-state index contributed by atoms with van der Waals surface area (Å²) in [7, 11) is 2.08. The highest BCUT2D eigenvalue weighted by atomic mass is 35.5. The molecule has 1 atom stereocenters. The number of benzene rings is 1. The summed E-state index contributed by atoms with van der Waals surface area (Å²) in [5.41, 5.74) is 6.74. The quantitative estimate of drug-likeness (QED) is 0.813. The van der Waals surface area contributed by atoms with Gasteiger partial charge in [-0.2, -0.15) is 0 Å². The Morgan fingerprint density at radius 1 is 1.38 bits per heavy atom. The summed E-state index contributed by atoms with van der Waals surface area (Å²) >= 11 is 14.0. The summed E-state index contributed by atoms with van der Waals surface area (Å²) in [5.74, 6) is 0.0286. The van der Waals surface area contributed by atoms with Crippen LogP contribution >= 0.6 is 46.9 Å². The minimum absolute atomic E-state index is 0. The Hall–Kier alpha value is -0.980. The highest BCUT2D eigenvalue weighted by Gasteiger charge is 2.25. The van der Waals surface area contributed by atoms with Crippen molar-refractivity contribution in [1.29, 1.82) is 0 Å². The van der Waals surface area contributed by atoms with Gasteiger partial charge in [0.1, 0.15) is 11.9 Å². The highest BCUT2D eigenvalue weighted by molar-refractivity contribution is 7.16. The van der Waals surface area contributed by atoms with Crippen LogP contribution in [0.3, 0.4) is 0 Å². The van der Waals surface area contributed by atoms with Crippen LogP contribution in [-0.2, 0) is 6.54 Å². The molecule has 2 aromatic rings. The second-order valence-electron chi connectivity index (χ2n) is 5.57. The van der Waals surface area contributed by atoms with Crippen LogP contribution in [0, 0.1) is 0 Å². The number of carbonyl (C=O) groups excluding carboxylic acids is 1. The van der Waals surface area contributed by atoms with Gasteiger partial charge in [-0.3, -0.25) is 4.79 Å². The molecule has 0 fully saturated rings. The second-order valence-corrected chi connectivity index (χ2v) is 7.75. The van der Waals surface area contributed by atoms with Crippen molar-refractivity contribution >= 4 is 52.9 Å². The van der Waals surface area contributed by atoms with Gasteiger partial charge in [-0.1, -0.05) is 23.2 Å². The topological polar surface area (TPSA) is 55.6 Å². The molecule has 1 aromatic heterocycles. The maximum absolute atomic E-state index is 11.2. The summed E-state index contributed by atoms with van der Waals surface area (Å²) in [6, 6.07) is 6.80. The van der Waals surface area contributed by atoms with Crippen LogP contribution in [0.5, 0.6) is 5.75 Å². The molecule has 1 amide bonds. The molecule has 8 heteroatoms. The molecule has 130 valence electrons. The molecular formula is C16H17Cl3N2O2S. The number of nitrogens with two attached hydrogens (primary N) is 1. The smallest absolute Gasteiger partial charge is 0.248 e. The first kappa shape index (κ1) is 19.3. The maximum atomic E-state index is 11.2. The Balaban J connectivity index is 0.00000208. The standard InChI is InChI=1S/C16H16Cl2N2O2S.ClH/c1-20-5-4-12(10-7-15(18)23-14(10)8-20)22-13-3-2-9(16(19)21)6-11(13)17;/h2-3,6-7,12H,4-5,8H2,1H3,(H2,19,21);1H. The molecule has 2 heterocycles. The number of hydrogen-bond donors (Lipinski definition) is 1. The van der Waals surface area contributed by atoms with Gasteiger partial charge in [0.05, 0.1) is 9.36 Å². The van der Waals surface area contributed by atoms with E-state index in [2.05, 4.69) is 11.9 Å². The van der Waals surface area contributed by atoms with Crippen molar-refractivity contribution in [2.45, 2.75) is 19.1 Å². The number of amides is 1. The summed E-state index contributed by atoms with van der Waals surface area (Å²) < 4.78 is 6.88. The Bertz CT molecular complexity index is 751. The number of halogens is 3. The molecule has 1 aliphatic rings. The minimum atomic E-state index is -0.513. The third-order valence-electron chi connectivity index (χ3n) is 3.83. The molecule has 0 saturated heterocycles. The minimum Gasteiger partial charge on any atom is -0.484 e. The van der Waals surface area contributed by atoms with E-state index in [1.807, 2.05) is 6.07 Å². The predicted molar refractivity (Wildman–Crippen MR) is 101 cm³/mol. The van der Waals surface area contributed by atoms with E-state index in [9.17, 15) is 4.79 Å². The van der Waals surface area contributed by atoms with Crippen LogP contribution in [-0.4, -0.2) is 24.4 Å². The van der Waals surface area contributed by atoms with Gasteiger partial charge in [0, 0.05) is 35.5 Å². The van der Waals surface area contributed by atoms with E-state index >= 15 is 0 Å². The van der Waals surface area contributed by atoms with Crippen LogP contribution in [0.2, 0.25) is 9.36 Å². The van der Waals surface area contributed by atoms with Crippen molar-refractivity contribution < 1.29 is 9.53 Å². The van der Waals surface area contributed by atoms with Gasteiger partial charge in [-0.25, -0.2) is 0 Å². The highest BCUT2D eigenvalue weighted by Crippen LogP contribution is 2.39. The maximum Gasteiger partial charge on any atom is 0.248 e. The van der Waals surface area contributed by atoms with Gasteiger partial charge < -0.3 is 15.4 Å². The number of thiophene rings is 1. The Kier molecular flexibility index (Phi) is 6.39. The van der Waals surface area contributed by atoms with E-state index in [4.69, 9.17) is 33.7 Å². The molecule has 0 saturated carbocycles. The Morgan fingerprint density at radius 3 is 2.79 bits per heavy atom. The summed E-state index contributed by atoms with van der Waals surface area (Å²) in [5, 5.41) is 0.377. The lowest BCUT2D eigenvalue weighted by Crippen LogP contribution is -2.18. The van der Waals surface area contributed by atoms with Crippen LogP contribution in [0.25, 0.3) is 0 Å². The molecule has 0 radical (unpaired) electrons. The van der Waals surface area contributed by atoms with Gasteiger partial charge in [-0.05, 0) is 31.3 Å². The number of fused-ring (bicyclic) bond motifs is 1. The lowest BCUT2D eigenvalue weighted by molar-refractivity contribution is 0.1000. The average Bonchev–Trinajstić information content (AvgIpc) is 2.78. The predicted octanol–water partition coefficient (Wildman–Crippen LogP) is 4.53. The zero-order chi connectivity index (χ0) is 16.6. The molecule has 4 nitrogen and oxygen atoms in total. The summed E-state index contributed by atoms with van der Waals surface area (Å²) in [6.07, 6.45) is 0.723. The van der Waals surface area contributed by atoms with Crippen LogP contribution in [0.15, 0.2) is 24.3 Å². The van der Waals surface area contributed by atoms with E-state index in [0.717, 1.165) is 29.4 Å². The molecule has 1 aromatic carbocycles. The van der Waals surface area contributed by atoms with E-state index in [1.165, 1.54) is 10.9 Å². The van der Waals surface area contributed by atoms with Crippen molar-refractivity contribution in [1.82, 2.24) is 4.90 Å². The number of carbonyl (C=O) groups is 1. The third-order valence-corrected chi connectivity index (χ3v) is 5.39. The van der Waals surface area contributed by atoms with Crippen molar-refractivity contribution in [2.75, 3.05) is 13.6 Å². The van der Waals surface area contributed by atoms with E-state index in [-0.39, 0.29) is 18.5 Å². The van der Waals surface area contributed by atoms with Crippen molar-refractivity contribution in [3.8, 4) is 5.75 Å². The molecule has 1 aliphatic heterocycles. The SMILES string of the molecule is CN1CCC(Oc2ccc(C(N)=O)cc2Cl)c2cc(Cl)sc2C1.Cl. The van der Waals surface area contributed by atoms with E-state index < -0.39 is 5.91 Å². The van der Waals surface area contributed by atoms with E-state index in [1.54, 1.807) is 23.5 Å². The molecule has 0 bridgehead atoms. The number of nitrogens with zero attached hydrogens (tertiary/aromatic N) is 1. The van der Waals surface area contributed by atoms with E-state index in [0.29, 0.717) is 16.3 Å². The summed E-state index contributed by atoms with van der Waals surface area (Å²) in [6.45, 7) is 1.78. The second kappa shape index (κ2) is 7.93. The van der Waals surface area contributed by atoms with Crippen LogP contribution in [0.4, 0.5) is 0 Å². The number of ether oxygens (including phenoxy) is 1. The molecule has 0 aliphatic carbocycles. The monoisotopic (exact) mass is 406 g/mol. The van der Waals surface area contributed by atoms with Gasteiger partial charge >= 0.3 is 0 Å². The molecular weight excluding hydrogens is 391 g/mol. The fourth-order valence-corrected chi connectivity index (χ4v) is 4.28. The number of hydrogen-bond acceptors (Lipinski definition) is 4. The molecule has 1 unspecified atom stereocenters. The zero-order valence-corrected chi connectivity index (χ0v) is 16.1. The Morgan fingerprint density at radius 2 is 2.12 bits per heavy atom. The van der Waals surface area contributed by atoms with Crippen LogP contribution < -0.4 is 10.5 Å². The van der Waals surface area contributed by atoms with Crippen molar-refractivity contribution in [2.24, 2.45) is 5.73 Å². The molecule has 3 rings (SSSR count).